The Labute approximate surface area is 77.0 Å². The topological polar surface area (TPSA) is 0 Å². The van der Waals surface area contributed by atoms with Gasteiger partial charge in [0.05, 0.1) is 0 Å². The lowest BCUT2D eigenvalue weighted by Gasteiger charge is -2.00. The van der Waals surface area contributed by atoms with E-state index in [2.05, 4.69) is 19.1 Å². The second-order valence-electron chi connectivity index (χ2n) is 2.34. The van der Waals surface area contributed by atoms with Crippen molar-refractivity contribution >= 4 is 23.4 Å². The van der Waals surface area contributed by atoms with E-state index in [1.165, 1.54) is 4.90 Å². The molecular formula is C9H11ClS. The van der Waals surface area contributed by atoms with Gasteiger partial charge in [-0.15, -0.1) is 11.8 Å². The van der Waals surface area contributed by atoms with Crippen LogP contribution in [0.2, 0.25) is 5.02 Å². The van der Waals surface area contributed by atoms with Crippen molar-refractivity contribution in [1.82, 2.24) is 0 Å². The van der Waals surface area contributed by atoms with Crippen molar-refractivity contribution in [2.45, 2.75) is 18.7 Å². The van der Waals surface area contributed by atoms with Gasteiger partial charge in [-0.3, -0.25) is 0 Å². The highest BCUT2D eigenvalue weighted by atomic mass is 35.5. The molecule has 0 saturated heterocycles. The van der Waals surface area contributed by atoms with E-state index < -0.39 is 0 Å². The van der Waals surface area contributed by atoms with Crippen LogP contribution in [0.15, 0.2) is 23.1 Å². The van der Waals surface area contributed by atoms with Crippen LogP contribution in [0.25, 0.3) is 0 Å². The van der Waals surface area contributed by atoms with E-state index in [-0.39, 0.29) is 0 Å². The summed E-state index contributed by atoms with van der Waals surface area (Å²) in [7, 11) is 0. The fourth-order valence-corrected chi connectivity index (χ4v) is 1.77. The summed E-state index contributed by atoms with van der Waals surface area (Å²) in [6.45, 7) is 4.15. The second-order valence-corrected chi connectivity index (χ2v) is 4.09. The first-order valence-corrected chi connectivity index (χ1v) is 4.99. The van der Waals surface area contributed by atoms with Crippen LogP contribution in [-0.2, 0) is 0 Å². The van der Waals surface area contributed by atoms with Crippen LogP contribution in [-0.4, -0.2) is 5.75 Å². The van der Waals surface area contributed by atoms with E-state index >= 15 is 0 Å². The normalized spacial score (nSPS) is 10.1. The summed E-state index contributed by atoms with van der Waals surface area (Å²) in [6.07, 6.45) is 0. The minimum atomic E-state index is 0.864. The fourth-order valence-electron chi connectivity index (χ4n) is 0.830. The zero-order valence-electron chi connectivity index (χ0n) is 6.73. The van der Waals surface area contributed by atoms with Crippen molar-refractivity contribution in [3.63, 3.8) is 0 Å². The molecule has 0 saturated carbocycles. The van der Waals surface area contributed by atoms with Gasteiger partial charge < -0.3 is 0 Å². The van der Waals surface area contributed by atoms with Gasteiger partial charge in [0.1, 0.15) is 0 Å². The standard InChI is InChI=1S/C9H11ClS/c1-3-11-8-5-4-7(2)9(10)6-8/h4-6H,3H2,1-2H3. The molecule has 0 fully saturated rings. The lowest BCUT2D eigenvalue weighted by atomic mass is 10.2. The monoisotopic (exact) mass is 186 g/mol. The van der Waals surface area contributed by atoms with E-state index in [0.29, 0.717) is 0 Å². The first-order chi connectivity index (χ1) is 5.24. The number of rotatable bonds is 2. The molecule has 0 spiro atoms. The number of halogens is 1. The first kappa shape index (κ1) is 8.95. The van der Waals surface area contributed by atoms with Gasteiger partial charge in [-0.1, -0.05) is 24.6 Å². The second kappa shape index (κ2) is 4.03. The molecule has 0 heterocycles. The molecule has 0 atom stereocenters. The van der Waals surface area contributed by atoms with Gasteiger partial charge in [0.15, 0.2) is 0 Å². The predicted octanol–water partition coefficient (Wildman–Crippen LogP) is 3.76. The number of thioether (sulfide) groups is 1. The molecule has 1 aromatic rings. The average molecular weight is 187 g/mol. The number of hydrogen-bond acceptors (Lipinski definition) is 1. The number of hydrogen-bond donors (Lipinski definition) is 0. The Hall–Kier alpha value is -0.140. The highest BCUT2D eigenvalue weighted by molar-refractivity contribution is 7.99. The lowest BCUT2D eigenvalue weighted by Crippen LogP contribution is -1.76. The van der Waals surface area contributed by atoms with Gasteiger partial charge in [-0.05, 0) is 30.4 Å². The van der Waals surface area contributed by atoms with Crippen LogP contribution in [0.1, 0.15) is 12.5 Å². The third-order valence-corrected chi connectivity index (χ3v) is 2.74. The lowest BCUT2D eigenvalue weighted by molar-refractivity contribution is 1.37. The van der Waals surface area contributed by atoms with Crippen LogP contribution in [0.5, 0.6) is 0 Å². The molecule has 0 aliphatic rings. The van der Waals surface area contributed by atoms with Crippen LogP contribution < -0.4 is 0 Å². The largest absolute Gasteiger partial charge is 0.126 e. The summed E-state index contributed by atoms with van der Waals surface area (Å²) in [5.74, 6) is 1.10. The van der Waals surface area contributed by atoms with Gasteiger partial charge >= 0.3 is 0 Å². The highest BCUT2D eigenvalue weighted by Crippen LogP contribution is 2.23. The third kappa shape index (κ3) is 2.42. The average Bonchev–Trinajstić information content (AvgIpc) is 1.98. The molecule has 0 bridgehead atoms. The molecule has 2 heteroatoms. The SMILES string of the molecule is CCSc1ccc(C)c(Cl)c1. The minimum Gasteiger partial charge on any atom is -0.126 e. The van der Waals surface area contributed by atoms with Crippen molar-refractivity contribution in [1.29, 1.82) is 0 Å². The highest BCUT2D eigenvalue weighted by Gasteiger charge is 1.96. The number of benzene rings is 1. The van der Waals surface area contributed by atoms with E-state index in [4.69, 9.17) is 11.6 Å². The van der Waals surface area contributed by atoms with E-state index in [9.17, 15) is 0 Å². The molecule has 1 aromatic carbocycles. The molecule has 0 radical (unpaired) electrons. The van der Waals surface area contributed by atoms with E-state index in [1.54, 1.807) is 0 Å². The molecule has 0 nitrogen and oxygen atoms in total. The zero-order chi connectivity index (χ0) is 8.27. The van der Waals surface area contributed by atoms with E-state index in [1.807, 2.05) is 24.8 Å². The molecule has 0 aliphatic heterocycles. The summed E-state index contributed by atoms with van der Waals surface area (Å²) in [5, 5.41) is 0.864. The smallest absolute Gasteiger partial charge is 0.0446 e. The van der Waals surface area contributed by atoms with Gasteiger partial charge in [0, 0.05) is 9.92 Å². The maximum atomic E-state index is 5.94. The zero-order valence-corrected chi connectivity index (χ0v) is 8.30. The minimum absolute atomic E-state index is 0.864. The van der Waals surface area contributed by atoms with Crippen LogP contribution >= 0.6 is 23.4 Å². The predicted molar refractivity (Wildman–Crippen MR) is 52.6 cm³/mol. The Balaban J connectivity index is 2.86. The van der Waals surface area contributed by atoms with Crippen LogP contribution in [0.4, 0.5) is 0 Å². The van der Waals surface area contributed by atoms with Crippen molar-refractivity contribution in [3.05, 3.63) is 28.8 Å². The molecule has 0 aromatic heterocycles. The van der Waals surface area contributed by atoms with Gasteiger partial charge in [-0.2, -0.15) is 0 Å². The number of aryl methyl sites for hydroxylation is 1. The summed E-state index contributed by atoms with van der Waals surface area (Å²) in [6, 6.07) is 6.18. The summed E-state index contributed by atoms with van der Waals surface area (Å²) < 4.78 is 0. The molecule has 0 amide bonds. The van der Waals surface area contributed by atoms with E-state index in [0.717, 1.165) is 16.3 Å². The van der Waals surface area contributed by atoms with Gasteiger partial charge in [-0.25, -0.2) is 0 Å². The quantitative estimate of drug-likeness (QED) is 0.634. The Morgan fingerprint density at radius 1 is 1.45 bits per heavy atom. The molecule has 0 aliphatic carbocycles. The molecule has 1 rings (SSSR count). The summed E-state index contributed by atoms with van der Waals surface area (Å²) >= 11 is 7.75. The Kier molecular flexibility index (Phi) is 3.28. The van der Waals surface area contributed by atoms with Gasteiger partial charge in [0.2, 0.25) is 0 Å². The fraction of sp³-hybridized carbons (Fsp3) is 0.333. The third-order valence-electron chi connectivity index (χ3n) is 1.45. The Morgan fingerprint density at radius 3 is 2.73 bits per heavy atom. The molecule has 60 valence electrons. The summed E-state index contributed by atoms with van der Waals surface area (Å²) in [5.41, 5.74) is 1.15. The van der Waals surface area contributed by atoms with Crippen LogP contribution in [0, 0.1) is 6.92 Å². The van der Waals surface area contributed by atoms with Crippen molar-refractivity contribution in [2.75, 3.05) is 5.75 Å². The maximum absolute atomic E-state index is 5.94. The molecule has 0 unspecified atom stereocenters. The Bertz CT molecular complexity index is 245. The van der Waals surface area contributed by atoms with Crippen molar-refractivity contribution < 1.29 is 0 Å². The van der Waals surface area contributed by atoms with Crippen molar-refractivity contribution in [3.8, 4) is 0 Å². The molecule has 11 heavy (non-hydrogen) atoms. The molecule has 0 N–H and O–H groups in total. The van der Waals surface area contributed by atoms with Crippen molar-refractivity contribution in [2.24, 2.45) is 0 Å². The maximum Gasteiger partial charge on any atom is 0.0446 e. The van der Waals surface area contributed by atoms with Gasteiger partial charge in [0.25, 0.3) is 0 Å². The first-order valence-electron chi connectivity index (χ1n) is 3.63. The molecular weight excluding hydrogens is 176 g/mol. The Morgan fingerprint density at radius 2 is 2.18 bits per heavy atom. The summed E-state index contributed by atoms with van der Waals surface area (Å²) in [4.78, 5) is 1.25. The van der Waals surface area contributed by atoms with Crippen LogP contribution in [0.3, 0.4) is 0 Å².